The van der Waals surface area contributed by atoms with Crippen LogP contribution in [0, 0.1) is 12.8 Å². The van der Waals surface area contributed by atoms with Gasteiger partial charge in [0, 0.05) is 4.88 Å². The van der Waals surface area contributed by atoms with Crippen LogP contribution in [-0.4, -0.2) is 39.6 Å². The molecule has 21 heavy (non-hydrogen) atoms. The number of aromatic nitrogens is 1. The number of hydrogen-bond acceptors (Lipinski definition) is 5. The normalized spacial score (nSPS) is 17.1. The largest absolute Gasteiger partial charge is 0.462 e. The fraction of sp³-hybridized carbons (Fsp3) is 0.467. The van der Waals surface area contributed by atoms with Crippen molar-refractivity contribution in [3.63, 3.8) is 0 Å². The first-order valence-corrected chi connectivity index (χ1v) is 7.75. The first-order chi connectivity index (χ1) is 9.90. The lowest BCUT2D eigenvalue weighted by atomic mass is 9.83. The molecule has 3 heterocycles. The molecule has 1 aliphatic rings. The second-order valence-corrected chi connectivity index (χ2v) is 7.02. The van der Waals surface area contributed by atoms with Crippen LogP contribution in [-0.2, 0) is 0 Å². The van der Waals surface area contributed by atoms with Crippen LogP contribution in [0.25, 0.3) is 10.8 Å². The minimum atomic E-state index is -0.760. The predicted octanol–water partition coefficient (Wildman–Crippen LogP) is 2.55. The number of rotatable bonds is 3. The van der Waals surface area contributed by atoms with Gasteiger partial charge in [-0.05, 0) is 25.0 Å². The summed E-state index contributed by atoms with van der Waals surface area (Å²) in [5, 5.41) is 11.0. The van der Waals surface area contributed by atoms with Crippen molar-refractivity contribution in [3.8, 4) is 10.8 Å². The van der Waals surface area contributed by atoms with Gasteiger partial charge in [0.1, 0.15) is 11.3 Å². The van der Waals surface area contributed by atoms with E-state index in [1.807, 2.05) is 26.8 Å². The zero-order chi connectivity index (χ0) is 15.2. The standard InChI is InChI=1S/C15H18N2O3S/c1-9(2)15(19)7-17(8-15)14(18)12-10(3)21-13(16-12)11-5-4-6-20-11/h4-6,9,19H,7-8H2,1-3H3. The van der Waals surface area contributed by atoms with Gasteiger partial charge in [-0.2, -0.15) is 0 Å². The molecule has 0 saturated carbocycles. The molecule has 0 bridgehead atoms. The number of aliphatic hydroxyl groups is 1. The summed E-state index contributed by atoms with van der Waals surface area (Å²) < 4.78 is 5.32. The molecule has 5 nitrogen and oxygen atoms in total. The highest BCUT2D eigenvalue weighted by molar-refractivity contribution is 7.15. The van der Waals surface area contributed by atoms with Crippen LogP contribution in [0.1, 0.15) is 29.2 Å². The van der Waals surface area contributed by atoms with Crippen LogP contribution >= 0.6 is 11.3 Å². The summed E-state index contributed by atoms with van der Waals surface area (Å²) in [4.78, 5) is 19.4. The molecule has 0 radical (unpaired) electrons. The van der Waals surface area contributed by atoms with Crippen molar-refractivity contribution < 1.29 is 14.3 Å². The van der Waals surface area contributed by atoms with Crippen molar-refractivity contribution in [2.45, 2.75) is 26.4 Å². The van der Waals surface area contributed by atoms with Crippen LogP contribution in [0.15, 0.2) is 22.8 Å². The van der Waals surface area contributed by atoms with Gasteiger partial charge in [-0.1, -0.05) is 13.8 Å². The number of nitrogens with zero attached hydrogens (tertiary/aromatic N) is 2. The van der Waals surface area contributed by atoms with E-state index in [0.29, 0.717) is 29.6 Å². The maximum Gasteiger partial charge on any atom is 0.273 e. The number of thiazole rings is 1. The Labute approximate surface area is 127 Å². The van der Waals surface area contributed by atoms with Gasteiger partial charge in [0.2, 0.25) is 0 Å². The Kier molecular flexibility index (Phi) is 3.37. The zero-order valence-corrected chi connectivity index (χ0v) is 13.1. The highest BCUT2D eigenvalue weighted by Gasteiger charge is 2.46. The average Bonchev–Trinajstić information content (AvgIpc) is 3.02. The summed E-state index contributed by atoms with van der Waals surface area (Å²) in [6, 6.07) is 3.62. The summed E-state index contributed by atoms with van der Waals surface area (Å²) in [7, 11) is 0. The van der Waals surface area contributed by atoms with Crippen molar-refractivity contribution in [2.24, 2.45) is 5.92 Å². The van der Waals surface area contributed by atoms with Crippen LogP contribution in [0.5, 0.6) is 0 Å². The molecule has 2 aromatic heterocycles. The minimum Gasteiger partial charge on any atom is -0.462 e. The fourth-order valence-electron chi connectivity index (χ4n) is 2.37. The number of carbonyl (C=O) groups excluding carboxylic acids is 1. The van der Waals surface area contributed by atoms with Crippen molar-refractivity contribution in [3.05, 3.63) is 29.0 Å². The van der Waals surface area contributed by atoms with E-state index in [0.717, 1.165) is 4.88 Å². The lowest BCUT2D eigenvalue weighted by Gasteiger charge is -2.48. The molecule has 0 atom stereocenters. The zero-order valence-electron chi connectivity index (χ0n) is 12.3. The Bertz CT molecular complexity index is 655. The third-order valence-electron chi connectivity index (χ3n) is 4.02. The third kappa shape index (κ3) is 2.38. The van der Waals surface area contributed by atoms with E-state index in [4.69, 9.17) is 4.42 Å². The van der Waals surface area contributed by atoms with Crippen LogP contribution in [0.4, 0.5) is 0 Å². The molecule has 6 heteroatoms. The molecule has 3 rings (SSSR count). The number of likely N-dealkylation sites (tertiary alicyclic amines) is 1. The summed E-state index contributed by atoms with van der Waals surface area (Å²) in [5.41, 5.74) is -0.305. The molecule has 0 spiro atoms. The highest BCUT2D eigenvalue weighted by Crippen LogP contribution is 2.33. The van der Waals surface area contributed by atoms with Gasteiger partial charge in [-0.25, -0.2) is 4.98 Å². The molecule has 1 N–H and O–H groups in total. The number of hydrogen-bond donors (Lipinski definition) is 1. The maximum atomic E-state index is 12.5. The second kappa shape index (κ2) is 4.96. The molecule has 1 saturated heterocycles. The van der Waals surface area contributed by atoms with Gasteiger partial charge in [-0.3, -0.25) is 4.79 Å². The van der Waals surface area contributed by atoms with Gasteiger partial charge >= 0.3 is 0 Å². The summed E-state index contributed by atoms with van der Waals surface area (Å²) in [6.07, 6.45) is 1.59. The number of carbonyl (C=O) groups is 1. The van der Waals surface area contributed by atoms with Crippen LogP contribution in [0.2, 0.25) is 0 Å². The molecular weight excluding hydrogens is 288 g/mol. The van der Waals surface area contributed by atoms with Gasteiger partial charge in [0.15, 0.2) is 10.8 Å². The van der Waals surface area contributed by atoms with E-state index in [1.54, 1.807) is 17.2 Å². The molecule has 112 valence electrons. The van der Waals surface area contributed by atoms with Crippen molar-refractivity contribution >= 4 is 17.2 Å². The summed E-state index contributed by atoms with van der Waals surface area (Å²) >= 11 is 1.44. The molecule has 0 aromatic carbocycles. The van der Waals surface area contributed by atoms with Crippen molar-refractivity contribution in [2.75, 3.05) is 13.1 Å². The average molecular weight is 306 g/mol. The van der Waals surface area contributed by atoms with E-state index < -0.39 is 5.60 Å². The lowest BCUT2D eigenvalue weighted by molar-refractivity contribution is -0.111. The van der Waals surface area contributed by atoms with Gasteiger partial charge in [-0.15, -0.1) is 11.3 Å². The molecule has 0 unspecified atom stereocenters. The monoisotopic (exact) mass is 306 g/mol. The van der Waals surface area contributed by atoms with E-state index in [-0.39, 0.29) is 11.8 Å². The van der Waals surface area contributed by atoms with Gasteiger partial charge in [0.05, 0.1) is 19.4 Å². The van der Waals surface area contributed by atoms with Crippen LogP contribution < -0.4 is 0 Å². The Morgan fingerprint density at radius 3 is 2.81 bits per heavy atom. The molecule has 1 fully saturated rings. The number of furan rings is 1. The molecule has 2 aromatic rings. The van der Waals surface area contributed by atoms with Crippen molar-refractivity contribution in [1.82, 2.24) is 9.88 Å². The number of aryl methyl sites for hydroxylation is 1. The van der Waals surface area contributed by atoms with Gasteiger partial charge < -0.3 is 14.4 Å². The fourth-order valence-corrected chi connectivity index (χ4v) is 3.25. The first kappa shape index (κ1) is 14.3. The smallest absolute Gasteiger partial charge is 0.273 e. The van der Waals surface area contributed by atoms with E-state index >= 15 is 0 Å². The lowest BCUT2D eigenvalue weighted by Crippen LogP contribution is -2.66. The minimum absolute atomic E-state index is 0.119. The van der Waals surface area contributed by atoms with Crippen LogP contribution in [0.3, 0.4) is 0 Å². The van der Waals surface area contributed by atoms with E-state index in [2.05, 4.69) is 4.98 Å². The van der Waals surface area contributed by atoms with Crippen molar-refractivity contribution in [1.29, 1.82) is 0 Å². The topological polar surface area (TPSA) is 66.6 Å². The Morgan fingerprint density at radius 1 is 1.52 bits per heavy atom. The first-order valence-electron chi connectivity index (χ1n) is 6.93. The molecule has 0 aliphatic carbocycles. The summed E-state index contributed by atoms with van der Waals surface area (Å²) in [5.74, 6) is 0.688. The molecular formula is C15H18N2O3S. The number of β-amino-alcohol motifs (C(OH)–C–C–N with tert-alkyl or cyclic N) is 1. The maximum absolute atomic E-state index is 12.5. The third-order valence-corrected chi connectivity index (χ3v) is 5.01. The van der Waals surface area contributed by atoms with E-state index in [9.17, 15) is 9.90 Å². The quantitative estimate of drug-likeness (QED) is 0.946. The second-order valence-electron chi connectivity index (χ2n) is 5.82. The SMILES string of the molecule is Cc1sc(-c2ccco2)nc1C(=O)N1CC(O)(C(C)C)C1. The molecule has 1 amide bonds. The molecule has 1 aliphatic heterocycles. The van der Waals surface area contributed by atoms with Gasteiger partial charge in [0.25, 0.3) is 5.91 Å². The summed E-state index contributed by atoms with van der Waals surface area (Å²) in [6.45, 7) is 6.55. The Balaban J connectivity index is 1.78. The Morgan fingerprint density at radius 2 is 2.24 bits per heavy atom. The highest BCUT2D eigenvalue weighted by atomic mass is 32.1. The Hall–Kier alpha value is -1.66. The number of amides is 1. The van der Waals surface area contributed by atoms with E-state index in [1.165, 1.54) is 11.3 Å². The predicted molar refractivity (Wildman–Crippen MR) is 80.2 cm³/mol.